The second-order valence-corrected chi connectivity index (χ2v) is 5.72. The average Bonchev–Trinajstić information content (AvgIpc) is 2.52. The number of hydrogen-bond donors (Lipinski definition) is 2. The van der Waals surface area contributed by atoms with Crippen LogP contribution in [0.25, 0.3) is 0 Å². The van der Waals surface area contributed by atoms with Gasteiger partial charge in [-0.05, 0) is 37.1 Å². The molecule has 21 heavy (non-hydrogen) atoms. The first-order valence-electron chi connectivity index (χ1n) is 8.48. The van der Waals surface area contributed by atoms with Crippen LogP contribution >= 0.6 is 0 Å². The Morgan fingerprint density at radius 2 is 1.71 bits per heavy atom. The molecule has 1 rings (SSSR count). The van der Waals surface area contributed by atoms with Crippen LogP contribution in [0.2, 0.25) is 0 Å². The van der Waals surface area contributed by atoms with E-state index in [4.69, 9.17) is 10.5 Å². The van der Waals surface area contributed by atoms with Gasteiger partial charge in [-0.15, -0.1) is 0 Å². The summed E-state index contributed by atoms with van der Waals surface area (Å²) < 4.78 is 5.73. The summed E-state index contributed by atoms with van der Waals surface area (Å²) in [6.07, 6.45) is 8.45. The fourth-order valence-corrected chi connectivity index (χ4v) is 2.21. The number of rotatable bonds is 12. The Bertz CT molecular complexity index is 351. The van der Waals surface area contributed by atoms with Gasteiger partial charge in [-0.25, -0.2) is 0 Å². The minimum atomic E-state index is 0.236. The van der Waals surface area contributed by atoms with E-state index < -0.39 is 0 Å². The second kappa shape index (κ2) is 11.4. The molecule has 0 heterocycles. The molecular formula is C18H32N2O. The zero-order chi connectivity index (χ0) is 15.3. The van der Waals surface area contributed by atoms with Gasteiger partial charge in [0.2, 0.25) is 0 Å². The van der Waals surface area contributed by atoms with E-state index in [0.717, 1.165) is 37.4 Å². The summed E-state index contributed by atoms with van der Waals surface area (Å²) >= 11 is 0. The highest BCUT2D eigenvalue weighted by Crippen LogP contribution is 2.16. The Kier molecular flexibility index (Phi) is 9.71. The van der Waals surface area contributed by atoms with Gasteiger partial charge in [-0.2, -0.15) is 0 Å². The standard InChI is InChI=1S/C18H32N2O/c1-3-5-7-8-14-21-18-12-10-17(11-13-18)20-15-16(19)9-6-4-2/h10-13,16,20H,3-9,14-15,19H2,1-2H3. The van der Waals surface area contributed by atoms with Crippen LogP contribution in [0.3, 0.4) is 0 Å². The van der Waals surface area contributed by atoms with Crippen molar-refractivity contribution in [3.63, 3.8) is 0 Å². The maximum absolute atomic E-state index is 6.06. The van der Waals surface area contributed by atoms with Crippen LogP contribution in [0, 0.1) is 0 Å². The van der Waals surface area contributed by atoms with Crippen molar-refractivity contribution < 1.29 is 4.74 Å². The molecule has 0 saturated heterocycles. The van der Waals surface area contributed by atoms with E-state index in [1.165, 1.54) is 32.1 Å². The molecule has 0 bridgehead atoms. The fourth-order valence-electron chi connectivity index (χ4n) is 2.21. The zero-order valence-corrected chi connectivity index (χ0v) is 13.7. The van der Waals surface area contributed by atoms with Crippen molar-refractivity contribution in [3.8, 4) is 5.75 Å². The summed E-state index contributed by atoms with van der Waals surface area (Å²) in [7, 11) is 0. The van der Waals surface area contributed by atoms with Crippen LogP contribution in [0.1, 0.15) is 58.8 Å². The molecule has 0 radical (unpaired) electrons. The number of nitrogens with two attached hydrogens (primary N) is 1. The van der Waals surface area contributed by atoms with Crippen molar-refractivity contribution in [3.05, 3.63) is 24.3 Å². The molecule has 0 aliphatic heterocycles. The predicted molar refractivity (Wildman–Crippen MR) is 92.1 cm³/mol. The summed E-state index contributed by atoms with van der Waals surface area (Å²) in [4.78, 5) is 0. The molecule has 0 spiro atoms. The SMILES string of the molecule is CCCCCCOc1ccc(NCC(N)CCCC)cc1. The third-order valence-electron chi connectivity index (χ3n) is 3.62. The molecule has 0 saturated carbocycles. The van der Waals surface area contributed by atoms with Crippen molar-refractivity contribution in [2.75, 3.05) is 18.5 Å². The Balaban J connectivity index is 2.20. The smallest absolute Gasteiger partial charge is 0.119 e. The summed E-state index contributed by atoms with van der Waals surface area (Å²) in [6.45, 7) is 6.06. The van der Waals surface area contributed by atoms with Crippen LogP contribution < -0.4 is 15.8 Å². The Labute approximate surface area is 130 Å². The molecular weight excluding hydrogens is 260 g/mol. The van der Waals surface area contributed by atoms with E-state index in [2.05, 4.69) is 31.3 Å². The van der Waals surface area contributed by atoms with Crippen molar-refractivity contribution in [1.82, 2.24) is 0 Å². The quantitative estimate of drug-likeness (QED) is 0.555. The molecule has 0 amide bonds. The number of nitrogens with one attached hydrogen (secondary N) is 1. The van der Waals surface area contributed by atoms with Crippen molar-refractivity contribution in [1.29, 1.82) is 0 Å². The van der Waals surface area contributed by atoms with E-state index in [1.807, 2.05) is 12.1 Å². The van der Waals surface area contributed by atoms with E-state index in [-0.39, 0.29) is 6.04 Å². The Morgan fingerprint density at radius 3 is 2.38 bits per heavy atom. The lowest BCUT2D eigenvalue weighted by Crippen LogP contribution is -2.28. The first kappa shape index (κ1) is 17.8. The summed E-state index contributed by atoms with van der Waals surface area (Å²) in [5.74, 6) is 0.951. The maximum atomic E-state index is 6.06. The van der Waals surface area contributed by atoms with E-state index in [1.54, 1.807) is 0 Å². The van der Waals surface area contributed by atoms with Crippen LogP contribution in [0.5, 0.6) is 5.75 Å². The number of unbranched alkanes of at least 4 members (excludes halogenated alkanes) is 4. The van der Waals surface area contributed by atoms with Crippen molar-refractivity contribution >= 4 is 5.69 Å². The van der Waals surface area contributed by atoms with Gasteiger partial charge in [0.05, 0.1) is 6.61 Å². The van der Waals surface area contributed by atoms with Crippen LogP contribution in [0.4, 0.5) is 5.69 Å². The number of ether oxygens (including phenoxy) is 1. The number of anilines is 1. The molecule has 0 aromatic heterocycles. The Morgan fingerprint density at radius 1 is 1.00 bits per heavy atom. The zero-order valence-electron chi connectivity index (χ0n) is 13.7. The van der Waals surface area contributed by atoms with Gasteiger partial charge in [0.15, 0.2) is 0 Å². The molecule has 0 aliphatic rings. The van der Waals surface area contributed by atoms with Gasteiger partial charge in [-0.3, -0.25) is 0 Å². The topological polar surface area (TPSA) is 47.3 Å². The van der Waals surface area contributed by atoms with E-state index in [9.17, 15) is 0 Å². The minimum Gasteiger partial charge on any atom is -0.494 e. The van der Waals surface area contributed by atoms with Gasteiger partial charge >= 0.3 is 0 Å². The highest BCUT2D eigenvalue weighted by atomic mass is 16.5. The third-order valence-corrected chi connectivity index (χ3v) is 3.62. The summed E-state index contributed by atoms with van der Waals surface area (Å²) in [5, 5.41) is 3.38. The van der Waals surface area contributed by atoms with Gasteiger partial charge in [0.1, 0.15) is 5.75 Å². The molecule has 0 aliphatic carbocycles. The molecule has 3 nitrogen and oxygen atoms in total. The first-order chi connectivity index (χ1) is 10.3. The van der Waals surface area contributed by atoms with Gasteiger partial charge in [0, 0.05) is 18.3 Å². The highest BCUT2D eigenvalue weighted by Gasteiger charge is 2.02. The number of benzene rings is 1. The second-order valence-electron chi connectivity index (χ2n) is 5.72. The summed E-state index contributed by atoms with van der Waals surface area (Å²) in [6, 6.07) is 8.42. The fraction of sp³-hybridized carbons (Fsp3) is 0.667. The molecule has 3 heteroatoms. The van der Waals surface area contributed by atoms with Crippen LogP contribution in [-0.4, -0.2) is 19.2 Å². The average molecular weight is 292 g/mol. The molecule has 0 fully saturated rings. The minimum absolute atomic E-state index is 0.236. The Hall–Kier alpha value is -1.22. The van der Waals surface area contributed by atoms with E-state index >= 15 is 0 Å². The summed E-state index contributed by atoms with van der Waals surface area (Å²) in [5.41, 5.74) is 7.17. The van der Waals surface area contributed by atoms with E-state index in [0.29, 0.717) is 0 Å². The van der Waals surface area contributed by atoms with Gasteiger partial charge < -0.3 is 15.8 Å². The van der Waals surface area contributed by atoms with Crippen LogP contribution in [-0.2, 0) is 0 Å². The first-order valence-corrected chi connectivity index (χ1v) is 8.48. The molecule has 3 N–H and O–H groups in total. The lowest BCUT2D eigenvalue weighted by atomic mass is 10.1. The largest absolute Gasteiger partial charge is 0.494 e. The normalized spacial score (nSPS) is 12.1. The lowest BCUT2D eigenvalue weighted by Gasteiger charge is -2.13. The molecule has 1 aromatic rings. The van der Waals surface area contributed by atoms with Gasteiger partial charge in [0.25, 0.3) is 0 Å². The third kappa shape index (κ3) is 8.61. The highest BCUT2D eigenvalue weighted by molar-refractivity contribution is 5.46. The lowest BCUT2D eigenvalue weighted by molar-refractivity contribution is 0.305. The predicted octanol–water partition coefficient (Wildman–Crippen LogP) is 4.58. The van der Waals surface area contributed by atoms with Crippen molar-refractivity contribution in [2.45, 2.75) is 64.8 Å². The monoisotopic (exact) mass is 292 g/mol. The number of hydrogen-bond acceptors (Lipinski definition) is 3. The molecule has 1 unspecified atom stereocenters. The van der Waals surface area contributed by atoms with Crippen molar-refractivity contribution in [2.24, 2.45) is 5.73 Å². The van der Waals surface area contributed by atoms with Gasteiger partial charge in [-0.1, -0.05) is 46.0 Å². The molecule has 120 valence electrons. The van der Waals surface area contributed by atoms with Crippen LogP contribution in [0.15, 0.2) is 24.3 Å². The maximum Gasteiger partial charge on any atom is 0.119 e. The molecule has 1 atom stereocenters. The molecule has 1 aromatic carbocycles.